The highest BCUT2D eigenvalue weighted by Gasteiger charge is 2.11. The van der Waals surface area contributed by atoms with Crippen LogP contribution < -0.4 is 5.32 Å². The predicted molar refractivity (Wildman–Crippen MR) is 60.8 cm³/mol. The summed E-state index contributed by atoms with van der Waals surface area (Å²) < 4.78 is 0. The molecular formula is C11H19N3O. The van der Waals surface area contributed by atoms with Crippen molar-refractivity contribution < 1.29 is 5.11 Å². The van der Waals surface area contributed by atoms with Crippen molar-refractivity contribution in [3.63, 3.8) is 0 Å². The molecule has 2 atom stereocenters. The molecule has 2 unspecified atom stereocenters. The number of aliphatic hydroxyl groups is 1. The van der Waals surface area contributed by atoms with E-state index in [4.69, 9.17) is 5.11 Å². The molecule has 0 saturated carbocycles. The fraction of sp³-hybridized carbons (Fsp3) is 0.636. The highest BCUT2D eigenvalue weighted by atomic mass is 16.3. The fourth-order valence-corrected chi connectivity index (χ4v) is 1.15. The van der Waals surface area contributed by atoms with Gasteiger partial charge in [0.2, 0.25) is 0 Å². The lowest BCUT2D eigenvalue weighted by Gasteiger charge is -2.19. The number of aryl methyl sites for hydroxylation is 2. The average Bonchev–Trinajstić information content (AvgIpc) is 2.22. The van der Waals surface area contributed by atoms with E-state index in [9.17, 15) is 0 Å². The number of nitrogens with zero attached hydrogens (tertiary/aromatic N) is 2. The maximum Gasteiger partial charge on any atom is 0.145 e. The number of hydrogen-bond acceptors (Lipinski definition) is 4. The Balaban J connectivity index is 2.68. The third-order valence-corrected chi connectivity index (χ3v) is 2.71. The molecule has 1 heterocycles. The van der Waals surface area contributed by atoms with E-state index in [1.807, 2.05) is 27.7 Å². The van der Waals surface area contributed by atoms with Crippen LogP contribution in [-0.2, 0) is 0 Å². The van der Waals surface area contributed by atoms with E-state index in [2.05, 4.69) is 15.3 Å². The third kappa shape index (κ3) is 3.16. The molecule has 1 aromatic rings. The van der Waals surface area contributed by atoms with Gasteiger partial charge in [-0.05, 0) is 26.7 Å². The first kappa shape index (κ1) is 11.9. The van der Waals surface area contributed by atoms with E-state index < -0.39 is 0 Å². The minimum Gasteiger partial charge on any atom is -0.396 e. The van der Waals surface area contributed by atoms with Crippen LogP contribution in [-0.4, -0.2) is 27.7 Å². The molecule has 0 aliphatic carbocycles. The van der Waals surface area contributed by atoms with E-state index >= 15 is 0 Å². The van der Waals surface area contributed by atoms with E-state index in [1.54, 1.807) is 6.20 Å². The summed E-state index contributed by atoms with van der Waals surface area (Å²) in [5.41, 5.74) is 1.88. The van der Waals surface area contributed by atoms with Gasteiger partial charge in [0.25, 0.3) is 0 Å². The molecule has 0 radical (unpaired) electrons. The van der Waals surface area contributed by atoms with Crippen LogP contribution in [0.2, 0.25) is 0 Å². The third-order valence-electron chi connectivity index (χ3n) is 2.71. The highest BCUT2D eigenvalue weighted by Crippen LogP contribution is 2.10. The zero-order valence-corrected chi connectivity index (χ0v) is 9.78. The van der Waals surface area contributed by atoms with Gasteiger partial charge in [-0.3, -0.25) is 4.98 Å². The summed E-state index contributed by atoms with van der Waals surface area (Å²) in [5.74, 6) is 0.972. The Labute approximate surface area is 90.8 Å². The van der Waals surface area contributed by atoms with Crippen LogP contribution in [0.5, 0.6) is 0 Å². The predicted octanol–water partition coefficient (Wildman–Crippen LogP) is 1.52. The number of nitrogens with one attached hydrogen (secondary N) is 1. The minimum absolute atomic E-state index is 0.173. The first-order valence-corrected chi connectivity index (χ1v) is 5.22. The average molecular weight is 209 g/mol. The molecule has 0 saturated heterocycles. The van der Waals surface area contributed by atoms with Gasteiger partial charge >= 0.3 is 0 Å². The van der Waals surface area contributed by atoms with Gasteiger partial charge in [-0.25, -0.2) is 4.98 Å². The van der Waals surface area contributed by atoms with Crippen LogP contribution in [0.25, 0.3) is 0 Å². The second kappa shape index (κ2) is 5.07. The van der Waals surface area contributed by atoms with Gasteiger partial charge in [0.15, 0.2) is 0 Å². The van der Waals surface area contributed by atoms with Crippen molar-refractivity contribution in [1.29, 1.82) is 0 Å². The van der Waals surface area contributed by atoms with Crippen LogP contribution in [0.3, 0.4) is 0 Å². The highest BCUT2D eigenvalue weighted by molar-refractivity contribution is 5.34. The number of aromatic nitrogens is 2. The van der Waals surface area contributed by atoms with Crippen molar-refractivity contribution in [3.8, 4) is 0 Å². The van der Waals surface area contributed by atoms with Gasteiger partial charge in [0.05, 0.1) is 17.6 Å². The number of anilines is 1. The molecule has 15 heavy (non-hydrogen) atoms. The molecule has 0 aromatic carbocycles. The molecular weight excluding hydrogens is 190 g/mol. The smallest absolute Gasteiger partial charge is 0.145 e. The van der Waals surface area contributed by atoms with Crippen LogP contribution in [0.1, 0.15) is 25.2 Å². The Bertz CT molecular complexity index is 328. The Hall–Kier alpha value is -1.16. The van der Waals surface area contributed by atoms with Crippen molar-refractivity contribution in [1.82, 2.24) is 9.97 Å². The summed E-state index contributed by atoms with van der Waals surface area (Å²) in [6, 6.07) is 0.186. The molecule has 0 bridgehead atoms. The monoisotopic (exact) mass is 209 g/mol. The lowest BCUT2D eigenvalue weighted by molar-refractivity contribution is 0.226. The molecule has 0 aliphatic rings. The van der Waals surface area contributed by atoms with E-state index in [1.165, 1.54) is 0 Å². The Morgan fingerprint density at radius 2 is 2.00 bits per heavy atom. The van der Waals surface area contributed by atoms with Gasteiger partial charge in [-0.2, -0.15) is 0 Å². The molecule has 1 rings (SSSR count). The van der Waals surface area contributed by atoms with Gasteiger partial charge in [-0.1, -0.05) is 6.92 Å². The van der Waals surface area contributed by atoms with Crippen LogP contribution in [0.4, 0.5) is 5.82 Å². The first-order valence-electron chi connectivity index (χ1n) is 5.22. The first-order chi connectivity index (χ1) is 7.04. The van der Waals surface area contributed by atoms with Crippen molar-refractivity contribution in [2.24, 2.45) is 5.92 Å². The molecule has 0 spiro atoms. The summed E-state index contributed by atoms with van der Waals surface area (Å²) in [5, 5.41) is 12.2. The van der Waals surface area contributed by atoms with Crippen molar-refractivity contribution in [3.05, 3.63) is 17.6 Å². The molecule has 0 amide bonds. The van der Waals surface area contributed by atoms with Crippen LogP contribution in [0, 0.1) is 19.8 Å². The SMILES string of the molecule is Cc1ncc(NC(C)C(C)CO)nc1C. The van der Waals surface area contributed by atoms with Crippen molar-refractivity contribution in [2.45, 2.75) is 33.7 Å². The summed E-state index contributed by atoms with van der Waals surface area (Å²) in [6.07, 6.45) is 1.73. The largest absolute Gasteiger partial charge is 0.396 e. The quantitative estimate of drug-likeness (QED) is 0.789. The molecule has 1 aromatic heterocycles. The van der Waals surface area contributed by atoms with Gasteiger partial charge in [0.1, 0.15) is 5.82 Å². The van der Waals surface area contributed by atoms with Gasteiger partial charge in [-0.15, -0.1) is 0 Å². The Kier molecular flexibility index (Phi) is 4.03. The van der Waals surface area contributed by atoms with Crippen molar-refractivity contribution in [2.75, 3.05) is 11.9 Å². The number of aliphatic hydroxyl groups excluding tert-OH is 1. The second-order valence-corrected chi connectivity index (χ2v) is 4.02. The molecule has 84 valence electrons. The summed E-state index contributed by atoms with van der Waals surface area (Å²) in [7, 11) is 0. The summed E-state index contributed by atoms with van der Waals surface area (Å²) in [4.78, 5) is 8.60. The molecule has 4 heteroatoms. The van der Waals surface area contributed by atoms with Crippen LogP contribution in [0.15, 0.2) is 6.20 Å². The summed E-state index contributed by atoms with van der Waals surface area (Å²) >= 11 is 0. The minimum atomic E-state index is 0.173. The maximum absolute atomic E-state index is 9.01. The Morgan fingerprint density at radius 3 is 2.53 bits per heavy atom. The van der Waals surface area contributed by atoms with Crippen LogP contribution >= 0.6 is 0 Å². The zero-order chi connectivity index (χ0) is 11.4. The summed E-state index contributed by atoms with van der Waals surface area (Å²) in [6.45, 7) is 8.07. The number of hydrogen-bond donors (Lipinski definition) is 2. The maximum atomic E-state index is 9.01. The molecule has 0 aliphatic heterocycles. The van der Waals surface area contributed by atoms with Gasteiger partial charge in [0, 0.05) is 12.6 Å². The molecule has 0 fully saturated rings. The van der Waals surface area contributed by atoms with Crippen molar-refractivity contribution >= 4 is 5.82 Å². The van der Waals surface area contributed by atoms with Gasteiger partial charge < -0.3 is 10.4 Å². The van der Waals surface area contributed by atoms with E-state index in [0.29, 0.717) is 0 Å². The number of rotatable bonds is 4. The standard InChI is InChI=1S/C11H19N3O/c1-7(6-15)8(2)13-11-5-12-9(3)10(4)14-11/h5,7-8,15H,6H2,1-4H3,(H,13,14). The Morgan fingerprint density at radius 1 is 1.33 bits per heavy atom. The molecule has 4 nitrogen and oxygen atoms in total. The lowest BCUT2D eigenvalue weighted by Crippen LogP contribution is -2.26. The van der Waals surface area contributed by atoms with E-state index in [0.717, 1.165) is 17.2 Å². The lowest BCUT2D eigenvalue weighted by atomic mass is 10.1. The van der Waals surface area contributed by atoms with E-state index in [-0.39, 0.29) is 18.6 Å². The second-order valence-electron chi connectivity index (χ2n) is 4.02. The molecule has 2 N–H and O–H groups in total. The fourth-order valence-electron chi connectivity index (χ4n) is 1.15. The zero-order valence-electron chi connectivity index (χ0n) is 9.78. The normalized spacial score (nSPS) is 14.7. The topological polar surface area (TPSA) is 58.0 Å².